The first-order chi connectivity index (χ1) is 15.6. The van der Waals surface area contributed by atoms with Gasteiger partial charge in [0.15, 0.2) is 0 Å². The fourth-order valence-corrected chi connectivity index (χ4v) is 10.0. The molecule has 3 saturated carbocycles. The average Bonchev–Trinajstić information content (AvgIpc) is 3.29. The maximum absolute atomic E-state index is 11.6. The summed E-state index contributed by atoms with van der Waals surface area (Å²) in [6.45, 7) is 20.1. The Balaban J connectivity index is 1.64. The molecule has 1 heterocycles. The van der Waals surface area contributed by atoms with Crippen LogP contribution in [0.1, 0.15) is 113 Å². The van der Waals surface area contributed by atoms with Crippen molar-refractivity contribution in [2.45, 2.75) is 130 Å². The lowest BCUT2D eigenvalue weighted by Gasteiger charge is -2.66. The molecule has 0 aromatic rings. The fraction of sp³-hybridized carbons (Fsp3) is 0.900. The Bertz CT molecular complexity index is 828. The van der Waals surface area contributed by atoms with E-state index in [1.807, 2.05) is 13.8 Å². The predicted molar refractivity (Wildman–Crippen MR) is 136 cm³/mol. The lowest BCUT2D eigenvalue weighted by molar-refractivity contribution is -0.187. The van der Waals surface area contributed by atoms with E-state index in [0.717, 1.165) is 25.7 Å². The Kier molecular flexibility index (Phi) is 6.42. The monoisotopic (exact) mass is 474 g/mol. The van der Waals surface area contributed by atoms with Gasteiger partial charge in [-0.05, 0) is 125 Å². The van der Waals surface area contributed by atoms with Gasteiger partial charge in [-0.3, -0.25) is 4.79 Å². The van der Waals surface area contributed by atoms with Crippen molar-refractivity contribution in [3.8, 4) is 0 Å². The molecule has 0 aromatic heterocycles. The average molecular weight is 475 g/mol. The van der Waals surface area contributed by atoms with Gasteiger partial charge in [-0.2, -0.15) is 0 Å². The van der Waals surface area contributed by atoms with Crippen molar-refractivity contribution in [2.75, 3.05) is 0 Å². The van der Waals surface area contributed by atoms with Crippen molar-refractivity contribution in [3.05, 3.63) is 12.2 Å². The van der Waals surface area contributed by atoms with Crippen LogP contribution in [0.25, 0.3) is 0 Å². The third-order valence-corrected chi connectivity index (χ3v) is 12.0. The Labute approximate surface area is 207 Å². The number of rotatable bonds is 6. The van der Waals surface area contributed by atoms with Gasteiger partial charge in [0.05, 0.1) is 17.3 Å². The van der Waals surface area contributed by atoms with Crippen LogP contribution in [-0.2, 0) is 9.53 Å². The first kappa shape index (κ1) is 26.2. The van der Waals surface area contributed by atoms with Gasteiger partial charge < -0.3 is 14.9 Å². The maximum Gasteiger partial charge on any atom is 0.303 e. The highest BCUT2D eigenvalue weighted by Crippen LogP contribution is 2.74. The zero-order valence-corrected chi connectivity index (χ0v) is 22.9. The molecule has 4 rings (SSSR count). The molecule has 4 fully saturated rings. The van der Waals surface area contributed by atoms with Crippen LogP contribution in [0.2, 0.25) is 0 Å². The number of carboxylic acid groups (broad SMARTS) is 1. The minimum Gasteiger partial charge on any atom is -0.481 e. The molecule has 0 spiro atoms. The number of allylic oxidation sites excluding steroid dienone is 1. The van der Waals surface area contributed by atoms with Gasteiger partial charge in [0.25, 0.3) is 0 Å². The van der Waals surface area contributed by atoms with E-state index in [1.165, 1.54) is 37.7 Å². The van der Waals surface area contributed by atoms with Crippen molar-refractivity contribution in [1.82, 2.24) is 0 Å². The van der Waals surface area contributed by atoms with Crippen molar-refractivity contribution >= 4 is 5.97 Å². The topological polar surface area (TPSA) is 66.8 Å². The van der Waals surface area contributed by atoms with Gasteiger partial charge in [0, 0.05) is 6.42 Å². The lowest BCUT2D eigenvalue weighted by Crippen LogP contribution is -2.60. The Hall–Kier alpha value is -0.870. The van der Waals surface area contributed by atoms with Crippen LogP contribution in [0, 0.1) is 39.9 Å². The van der Waals surface area contributed by atoms with Crippen LogP contribution < -0.4 is 0 Å². The van der Waals surface area contributed by atoms with E-state index in [1.54, 1.807) is 0 Å². The molecule has 9 atom stereocenters. The summed E-state index contributed by atoms with van der Waals surface area (Å²) >= 11 is 0. The third-order valence-electron chi connectivity index (χ3n) is 12.0. The number of ether oxygens (including phenoxy) is 1. The second-order valence-electron chi connectivity index (χ2n) is 14.2. The molecule has 1 aliphatic heterocycles. The molecule has 194 valence electrons. The van der Waals surface area contributed by atoms with Crippen molar-refractivity contribution in [1.29, 1.82) is 0 Å². The molecular formula is C30H50O4. The summed E-state index contributed by atoms with van der Waals surface area (Å²) in [6.07, 6.45) is 10.0. The van der Waals surface area contributed by atoms with Gasteiger partial charge in [-0.25, -0.2) is 0 Å². The minimum atomic E-state index is -0.795. The van der Waals surface area contributed by atoms with Gasteiger partial charge in [-0.15, -0.1) is 0 Å². The number of aliphatic carboxylic acids is 1. The van der Waals surface area contributed by atoms with Gasteiger partial charge in [0.1, 0.15) is 0 Å². The van der Waals surface area contributed by atoms with E-state index in [4.69, 9.17) is 4.74 Å². The summed E-state index contributed by atoms with van der Waals surface area (Å²) in [5.74, 6) is 1.42. The highest BCUT2D eigenvalue weighted by molar-refractivity contribution is 5.66. The molecule has 0 amide bonds. The molecular weight excluding hydrogens is 424 g/mol. The summed E-state index contributed by atoms with van der Waals surface area (Å²) in [6, 6.07) is 0. The van der Waals surface area contributed by atoms with Crippen LogP contribution in [-0.4, -0.2) is 33.5 Å². The van der Waals surface area contributed by atoms with Crippen LogP contribution in [0.3, 0.4) is 0 Å². The summed E-state index contributed by atoms with van der Waals surface area (Å²) in [5.41, 5.74) is 0.714. The summed E-state index contributed by atoms with van der Waals surface area (Å²) in [4.78, 5) is 11.6. The predicted octanol–water partition coefficient (Wildman–Crippen LogP) is 7.00. The van der Waals surface area contributed by atoms with Gasteiger partial charge >= 0.3 is 5.97 Å². The molecule has 1 saturated heterocycles. The van der Waals surface area contributed by atoms with Crippen LogP contribution in [0.5, 0.6) is 0 Å². The molecule has 0 radical (unpaired) electrons. The van der Waals surface area contributed by atoms with Crippen molar-refractivity contribution < 1.29 is 19.7 Å². The van der Waals surface area contributed by atoms with Crippen LogP contribution in [0.4, 0.5) is 0 Å². The second-order valence-corrected chi connectivity index (χ2v) is 14.2. The molecule has 0 aromatic carbocycles. The van der Waals surface area contributed by atoms with E-state index in [9.17, 15) is 15.0 Å². The molecule has 4 heteroatoms. The molecule has 0 unspecified atom stereocenters. The van der Waals surface area contributed by atoms with E-state index >= 15 is 0 Å². The Morgan fingerprint density at radius 1 is 0.971 bits per heavy atom. The minimum absolute atomic E-state index is 0.0109. The Morgan fingerprint density at radius 3 is 2.18 bits per heavy atom. The number of aliphatic hydroxyl groups is 1. The van der Waals surface area contributed by atoms with E-state index < -0.39 is 11.6 Å². The van der Waals surface area contributed by atoms with Crippen molar-refractivity contribution in [2.24, 2.45) is 39.9 Å². The SMILES string of the molecule is C=C(C)[C@@H]1CC[C@]2(C)[C@H](CC[C@@H]3[C@@H]([C@]4(C)CC[C@H](C(C)(C)O)O4)CC[C@]32C)[C@@]1(C)CCC(=O)O. The highest BCUT2D eigenvalue weighted by atomic mass is 16.5. The lowest BCUT2D eigenvalue weighted by atomic mass is 9.38. The third kappa shape index (κ3) is 3.81. The largest absolute Gasteiger partial charge is 0.481 e. The second kappa shape index (κ2) is 8.33. The number of carbonyl (C=O) groups is 1. The highest BCUT2D eigenvalue weighted by Gasteiger charge is 2.68. The summed E-state index contributed by atoms with van der Waals surface area (Å²) < 4.78 is 6.69. The first-order valence-corrected chi connectivity index (χ1v) is 13.9. The smallest absolute Gasteiger partial charge is 0.303 e. The molecule has 3 aliphatic carbocycles. The first-order valence-electron chi connectivity index (χ1n) is 13.9. The van der Waals surface area contributed by atoms with Gasteiger partial charge in [-0.1, -0.05) is 32.9 Å². The number of carboxylic acids is 1. The van der Waals surface area contributed by atoms with E-state index in [-0.39, 0.29) is 34.4 Å². The van der Waals surface area contributed by atoms with E-state index in [0.29, 0.717) is 23.7 Å². The summed E-state index contributed by atoms with van der Waals surface area (Å²) in [5, 5.41) is 20.2. The molecule has 4 aliphatic rings. The quantitative estimate of drug-likeness (QED) is 0.407. The summed E-state index contributed by atoms with van der Waals surface area (Å²) in [7, 11) is 0. The van der Waals surface area contributed by atoms with Crippen molar-refractivity contribution in [3.63, 3.8) is 0 Å². The standard InChI is InChI=1S/C30H50O4/c1-19(2)20-11-17-29(7)23(27(20,5)15-14-25(31)32)10-9-21-22(12-16-28(21,29)6)30(8)18-13-24(34-30)26(3,4)33/h20-24,33H,1,9-18H2,2-8H3,(H,31,32)/t20-,21+,22-,23+,24+,27-,28+,29+,30-/m0/s1. The maximum atomic E-state index is 11.6. The molecule has 2 N–H and O–H groups in total. The zero-order chi connectivity index (χ0) is 25.3. The van der Waals surface area contributed by atoms with Gasteiger partial charge in [0.2, 0.25) is 0 Å². The molecule has 0 bridgehead atoms. The Morgan fingerprint density at radius 2 is 1.62 bits per heavy atom. The molecule has 34 heavy (non-hydrogen) atoms. The fourth-order valence-electron chi connectivity index (χ4n) is 10.0. The number of hydrogen-bond acceptors (Lipinski definition) is 3. The normalized spacial score (nSPS) is 48.9. The number of fused-ring (bicyclic) bond motifs is 3. The van der Waals surface area contributed by atoms with Crippen LogP contribution >= 0.6 is 0 Å². The zero-order valence-electron chi connectivity index (χ0n) is 22.9. The number of hydrogen-bond donors (Lipinski definition) is 2. The molecule has 4 nitrogen and oxygen atoms in total. The van der Waals surface area contributed by atoms with E-state index in [2.05, 4.69) is 41.2 Å². The van der Waals surface area contributed by atoms with Crippen LogP contribution in [0.15, 0.2) is 12.2 Å².